The molecule has 0 aliphatic rings. The van der Waals surface area contributed by atoms with Gasteiger partial charge in [0.05, 0.1) is 9.85 Å². The van der Waals surface area contributed by atoms with E-state index >= 15 is 0 Å². The number of halogens is 3. The van der Waals surface area contributed by atoms with Gasteiger partial charge < -0.3 is 5.32 Å². The topological polar surface area (TPSA) is 29.1 Å². The van der Waals surface area contributed by atoms with E-state index in [2.05, 4.69) is 37.2 Å². The van der Waals surface area contributed by atoms with Gasteiger partial charge in [0, 0.05) is 10.2 Å². The Morgan fingerprint density at radius 1 is 1.60 bits per heavy atom. The number of carbonyl (C=O) groups is 1. The molecule has 15 heavy (non-hydrogen) atoms. The number of nitrogens with one attached hydrogen (secondary N) is 1. The number of rotatable bonds is 3. The number of hydrogen-bond acceptors (Lipinski definition) is 1. The van der Waals surface area contributed by atoms with Gasteiger partial charge in [-0.3, -0.25) is 4.79 Å². The van der Waals surface area contributed by atoms with Crippen molar-refractivity contribution in [1.82, 2.24) is 0 Å². The van der Waals surface area contributed by atoms with E-state index in [4.69, 9.17) is 11.6 Å². The number of anilines is 1. The smallest absolute Gasteiger partial charge is 0.238 e. The predicted molar refractivity (Wildman–Crippen MR) is 70.8 cm³/mol. The lowest BCUT2D eigenvalue weighted by Crippen LogP contribution is -2.21. The maximum atomic E-state index is 11.5. The van der Waals surface area contributed by atoms with Crippen LogP contribution in [0.1, 0.15) is 13.3 Å². The monoisotopic (exact) mass is 353 g/mol. The van der Waals surface area contributed by atoms with Crippen LogP contribution in [0.25, 0.3) is 0 Å². The summed E-state index contributed by atoms with van der Waals surface area (Å²) < 4.78 is 0.813. The van der Waals surface area contributed by atoms with Gasteiger partial charge in [-0.25, -0.2) is 0 Å². The molecule has 1 aromatic rings. The first-order valence-electron chi connectivity index (χ1n) is 4.44. The SMILES string of the molecule is CCC(Br)C(=O)Nc1ccc(Br)c(Cl)c1. The molecule has 0 saturated heterocycles. The molecule has 1 amide bonds. The molecular weight excluding hydrogens is 345 g/mol. The first kappa shape index (κ1) is 13.0. The Balaban J connectivity index is 2.73. The second-order valence-electron chi connectivity index (χ2n) is 2.99. The van der Waals surface area contributed by atoms with E-state index in [1.807, 2.05) is 6.92 Å². The Labute approximate surface area is 111 Å². The Bertz CT molecular complexity index is 370. The summed E-state index contributed by atoms with van der Waals surface area (Å²) in [5, 5.41) is 3.35. The number of carbonyl (C=O) groups excluding carboxylic acids is 1. The fourth-order valence-corrected chi connectivity index (χ4v) is 1.52. The van der Waals surface area contributed by atoms with Gasteiger partial charge in [-0.05, 0) is 40.5 Å². The van der Waals surface area contributed by atoms with E-state index < -0.39 is 0 Å². The quantitative estimate of drug-likeness (QED) is 0.809. The molecule has 0 aliphatic carbocycles. The lowest BCUT2D eigenvalue weighted by atomic mass is 10.3. The number of amides is 1. The Morgan fingerprint density at radius 2 is 2.27 bits per heavy atom. The largest absolute Gasteiger partial charge is 0.325 e. The van der Waals surface area contributed by atoms with Gasteiger partial charge in [0.1, 0.15) is 0 Å². The van der Waals surface area contributed by atoms with Crippen LogP contribution in [-0.2, 0) is 4.79 Å². The molecule has 0 aromatic heterocycles. The molecular formula is C10H10Br2ClNO. The number of hydrogen-bond donors (Lipinski definition) is 1. The van der Waals surface area contributed by atoms with E-state index in [0.29, 0.717) is 10.7 Å². The van der Waals surface area contributed by atoms with Crippen LogP contribution in [0.15, 0.2) is 22.7 Å². The van der Waals surface area contributed by atoms with Gasteiger partial charge in [-0.2, -0.15) is 0 Å². The third kappa shape index (κ3) is 3.78. The molecule has 82 valence electrons. The van der Waals surface area contributed by atoms with Crippen LogP contribution in [0.5, 0.6) is 0 Å². The van der Waals surface area contributed by atoms with Crippen LogP contribution < -0.4 is 5.32 Å². The van der Waals surface area contributed by atoms with Crippen molar-refractivity contribution in [3.63, 3.8) is 0 Å². The highest BCUT2D eigenvalue weighted by molar-refractivity contribution is 9.10. The normalized spacial score (nSPS) is 12.3. The Hall–Kier alpha value is -0.0600. The maximum Gasteiger partial charge on any atom is 0.238 e. The average molecular weight is 355 g/mol. The van der Waals surface area contributed by atoms with E-state index in [1.54, 1.807) is 18.2 Å². The van der Waals surface area contributed by atoms with Gasteiger partial charge >= 0.3 is 0 Å². The van der Waals surface area contributed by atoms with Gasteiger partial charge in [-0.1, -0.05) is 34.5 Å². The highest BCUT2D eigenvalue weighted by Crippen LogP contribution is 2.25. The van der Waals surface area contributed by atoms with Crippen molar-refractivity contribution in [2.45, 2.75) is 18.2 Å². The van der Waals surface area contributed by atoms with Crippen molar-refractivity contribution >= 4 is 55.1 Å². The second-order valence-corrected chi connectivity index (χ2v) is 5.36. The van der Waals surface area contributed by atoms with Crippen LogP contribution in [0.4, 0.5) is 5.69 Å². The van der Waals surface area contributed by atoms with E-state index in [0.717, 1.165) is 10.9 Å². The van der Waals surface area contributed by atoms with Gasteiger partial charge in [0.2, 0.25) is 5.91 Å². The van der Waals surface area contributed by atoms with Gasteiger partial charge in [-0.15, -0.1) is 0 Å². The Morgan fingerprint density at radius 3 is 2.80 bits per heavy atom. The number of benzene rings is 1. The van der Waals surface area contributed by atoms with E-state index in [-0.39, 0.29) is 10.7 Å². The van der Waals surface area contributed by atoms with E-state index in [9.17, 15) is 4.79 Å². The van der Waals surface area contributed by atoms with Crippen LogP contribution in [-0.4, -0.2) is 10.7 Å². The maximum absolute atomic E-state index is 11.5. The first-order chi connectivity index (χ1) is 7.04. The van der Waals surface area contributed by atoms with Crippen LogP contribution in [0.2, 0.25) is 5.02 Å². The number of alkyl halides is 1. The molecule has 0 bridgehead atoms. The van der Waals surface area contributed by atoms with Crippen molar-refractivity contribution < 1.29 is 4.79 Å². The third-order valence-corrected chi connectivity index (χ3v) is 4.13. The minimum Gasteiger partial charge on any atom is -0.325 e. The van der Waals surface area contributed by atoms with Gasteiger partial charge in [0.15, 0.2) is 0 Å². The molecule has 0 fully saturated rings. The molecule has 1 aromatic carbocycles. The molecule has 5 heteroatoms. The summed E-state index contributed by atoms with van der Waals surface area (Å²) in [6, 6.07) is 5.30. The zero-order valence-electron chi connectivity index (χ0n) is 8.06. The van der Waals surface area contributed by atoms with Crippen molar-refractivity contribution in [2.75, 3.05) is 5.32 Å². The third-order valence-electron chi connectivity index (χ3n) is 1.83. The van der Waals surface area contributed by atoms with Crippen LogP contribution in [0.3, 0.4) is 0 Å². The molecule has 0 saturated carbocycles. The summed E-state index contributed by atoms with van der Waals surface area (Å²) in [7, 11) is 0. The summed E-state index contributed by atoms with van der Waals surface area (Å²) in [6.07, 6.45) is 0.746. The second kappa shape index (κ2) is 5.87. The standard InChI is InChI=1S/C10H10Br2ClNO/c1-2-7(11)10(15)14-6-3-4-8(12)9(13)5-6/h3-5,7H,2H2,1H3,(H,14,15). The molecule has 0 heterocycles. The van der Waals surface area contributed by atoms with Gasteiger partial charge in [0.25, 0.3) is 0 Å². The van der Waals surface area contributed by atoms with Crippen molar-refractivity contribution in [2.24, 2.45) is 0 Å². The fraction of sp³-hybridized carbons (Fsp3) is 0.300. The molecule has 1 unspecified atom stereocenters. The zero-order valence-corrected chi connectivity index (χ0v) is 12.0. The lowest BCUT2D eigenvalue weighted by molar-refractivity contribution is -0.115. The minimum atomic E-state index is -0.167. The zero-order chi connectivity index (χ0) is 11.4. The molecule has 0 spiro atoms. The van der Waals surface area contributed by atoms with E-state index in [1.165, 1.54) is 0 Å². The highest BCUT2D eigenvalue weighted by atomic mass is 79.9. The fourth-order valence-electron chi connectivity index (χ4n) is 0.980. The Kier molecular flexibility index (Phi) is 5.09. The molecule has 0 radical (unpaired) electrons. The molecule has 0 aliphatic heterocycles. The summed E-state index contributed by atoms with van der Waals surface area (Å²) >= 11 is 12.5. The predicted octanol–water partition coefficient (Wildman–Crippen LogP) is 4.21. The summed E-state index contributed by atoms with van der Waals surface area (Å²) in [4.78, 5) is 11.4. The average Bonchev–Trinajstić information content (AvgIpc) is 2.22. The summed E-state index contributed by atoms with van der Waals surface area (Å²) in [6.45, 7) is 1.94. The van der Waals surface area contributed by atoms with Crippen LogP contribution >= 0.6 is 43.5 Å². The van der Waals surface area contributed by atoms with Crippen molar-refractivity contribution in [3.05, 3.63) is 27.7 Å². The molecule has 1 N–H and O–H groups in total. The van der Waals surface area contributed by atoms with Crippen molar-refractivity contribution in [3.8, 4) is 0 Å². The summed E-state index contributed by atoms with van der Waals surface area (Å²) in [5.41, 5.74) is 0.700. The highest BCUT2D eigenvalue weighted by Gasteiger charge is 2.12. The lowest BCUT2D eigenvalue weighted by Gasteiger charge is -2.09. The molecule has 1 rings (SSSR count). The summed E-state index contributed by atoms with van der Waals surface area (Å²) in [5.74, 6) is -0.0594. The van der Waals surface area contributed by atoms with Crippen LogP contribution in [0, 0.1) is 0 Å². The first-order valence-corrected chi connectivity index (χ1v) is 6.53. The minimum absolute atomic E-state index is 0.0594. The molecule has 1 atom stereocenters. The van der Waals surface area contributed by atoms with Crippen molar-refractivity contribution in [1.29, 1.82) is 0 Å². The molecule has 2 nitrogen and oxygen atoms in total.